The molecule has 2 N–H and O–H groups in total. The second-order valence-corrected chi connectivity index (χ2v) is 8.21. The van der Waals surface area contributed by atoms with E-state index in [0.29, 0.717) is 0 Å². The van der Waals surface area contributed by atoms with Gasteiger partial charge >= 0.3 is 0 Å². The van der Waals surface area contributed by atoms with E-state index in [1.165, 1.54) is 10.4 Å². The van der Waals surface area contributed by atoms with Gasteiger partial charge in [0.2, 0.25) is 0 Å². The number of guanidine groups is 1. The van der Waals surface area contributed by atoms with Crippen molar-refractivity contribution in [1.82, 2.24) is 10.6 Å². The van der Waals surface area contributed by atoms with Crippen LogP contribution in [0.2, 0.25) is 0 Å². The van der Waals surface area contributed by atoms with Gasteiger partial charge in [0, 0.05) is 41.6 Å². The highest BCUT2D eigenvalue weighted by Gasteiger charge is 2.34. The van der Waals surface area contributed by atoms with Crippen molar-refractivity contribution < 1.29 is 4.74 Å². The molecule has 0 unspecified atom stereocenters. The SMILES string of the molecule is CN=C(NCc1cccs1)NCC1(c2ccc(Br)cc2)CCOCC1.I. The van der Waals surface area contributed by atoms with Crippen LogP contribution >= 0.6 is 51.2 Å². The minimum absolute atomic E-state index is 0. The van der Waals surface area contributed by atoms with Crippen LogP contribution in [0, 0.1) is 0 Å². The number of aliphatic imine (C=N–C) groups is 1. The summed E-state index contributed by atoms with van der Waals surface area (Å²) in [6, 6.07) is 12.9. The molecule has 142 valence electrons. The number of nitrogens with zero attached hydrogens (tertiary/aromatic N) is 1. The third-order valence-electron chi connectivity index (χ3n) is 4.73. The molecular formula is C19H25BrIN3OS. The van der Waals surface area contributed by atoms with E-state index in [0.717, 1.165) is 49.6 Å². The molecule has 0 radical (unpaired) electrons. The van der Waals surface area contributed by atoms with Crippen molar-refractivity contribution in [3.05, 3.63) is 56.7 Å². The van der Waals surface area contributed by atoms with Gasteiger partial charge in [-0.2, -0.15) is 0 Å². The lowest BCUT2D eigenvalue weighted by Crippen LogP contribution is -2.47. The van der Waals surface area contributed by atoms with Crippen LogP contribution in [0.15, 0.2) is 51.2 Å². The van der Waals surface area contributed by atoms with Gasteiger partial charge in [-0.1, -0.05) is 34.1 Å². The molecule has 1 aromatic carbocycles. The average Bonchev–Trinajstić information content (AvgIpc) is 3.17. The smallest absolute Gasteiger partial charge is 0.191 e. The maximum Gasteiger partial charge on any atom is 0.191 e. The van der Waals surface area contributed by atoms with Crippen LogP contribution in [0.3, 0.4) is 0 Å². The molecule has 4 nitrogen and oxygen atoms in total. The number of hydrogen-bond donors (Lipinski definition) is 2. The van der Waals surface area contributed by atoms with Crippen LogP contribution in [-0.4, -0.2) is 32.8 Å². The molecule has 1 aliphatic rings. The lowest BCUT2D eigenvalue weighted by molar-refractivity contribution is 0.0514. The van der Waals surface area contributed by atoms with Crippen LogP contribution in [0.25, 0.3) is 0 Å². The van der Waals surface area contributed by atoms with Crippen LogP contribution in [0.5, 0.6) is 0 Å². The Kier molecular flexibility index (Phi) is 8.86. The number of ether oxygens (including phenoxy) is 1. The summed E-state index contributed by atoms with van der Waals surface area (Å²) in [4.78, 5) is 5.67. The third-order valence-corrected chi connectivity index (χ3v) is 6.14. The van der Waals surface area contributed by atoms with Crippen molar-refractivity contribution in [3.8, 4) is 0 Å². The molecule has 0 spiro atoms. The van der Waals surface area contributed by atoms with Gasteiger partial charge < -0.3 is 15.4 Å². The summed E-state index contributed by atoms with van der Waals surface area (Å²) in [7, 11) is 1.82. The Morgan fingerprint density at radius 1 is 1.19 bits per heavy atom. The average molecular weight is 550 g/mol. The lowest BCUT2D eigenvalue weighted by atomic mass is 9.74. The zero-order valence-corrected chi connectivity index (χ0v) is 19.6. The van der Waals surface area contributed by atoms with Crippen LogP contribution < -0.4 is 10.6 Å². The monoisotopic (exact) mass is 549 g/mol. The van der Waals surface area contributed by atoms with E-state index >= 15 is 0 Å². The Labute approximate surface area is 185 Å². The predicted molar refractivity (Wildman–Crippen MR) is 124 cm³/mol. The van der Waals surface area contributed by atoms with Crippen molar-refractivity contribution in [2.75, 3.05) is 26.8 Å². The highest BCUT2D eigenvalue weighted by Crippen LogP contribution is 2.34. The summed E-state index contributed by atoms with van der Waals surface area (Å²) in [6.07, 6.45) is 2.03. The molecule has 1 aliphatic heterocycles. The Bertz CT molecular complexity index is 685. The molecule has 3 rings (SSSR count). The maximum absolute atomic E-state index is 5.62. The van der Waals surface area contributed by atoms with E-state index in [1.807, 2.05) is 7.05 Å². The number of hydrogen-bond acceptors (Lipinski definition) is 3. The quantitative estimate of drug-likeness (QED) is 0.327. The van der Waals surface area contributed by atoms with Crippen molar-refractivity contribution in [1.29, 1.82) is 0 Å². The molecule has 2 aromatic rings. The van der Waals surface area contributed by atoms with E-state index in [1.54, 1.807) is 11.3 Å². The number of thiophene rings is 1. The van der Waals surface area contributed by atoms with E-state index in [4.69, 9.17) is 4.74 Å². The van der Waals surface area contributed by atoms with Crippen molar-refractivity contribution in [2.45, 2.75) is 24.8 Å². The van der Waals surface area contributed by atoms with Crippen molar-refractivity contribution in [3.63, 3.8) is 0 Å². The Hall–Kier alpha value is -0.640. The molecule has 7 heteroatoms. The van der Waals surface area contributed by atoms with Crippen molar-refractivity contribution in [2.24, 2.45) is 4.99 Å². The minimum Gasteiger partial charge on any atom is -0.381 e. The van der Waals surface area contributed by atoms with Gasteiger partial charge in [0.1, 0.15) is 0 Å². The maximum atomic E-state index is 5.62. The van der Waals surface area contributed by atoms with Crippen LogP contribution in [-0.2, 0) is 16.7 Å². The van der Waals surface area contributed by atoms with Crippen molar-refractivity contribution >= 4 is 57.2 Å². The van der Waals surface area contributed by atoms with Gasteiger partial charge in [0.25, 0.3) is 0 Å². The number of halogens is 2. The standard InChI is InChI=1S/C19H24BrN3OS.HI/c1-21-18(22-13-17-3-2-12-25-17)23-14-19(8-10-24-11-9-19)15-4-6-16(20)7-5-15;/h2-7,12H,8-11,13-14H2,1H3,(H2,21,22,23);1H. The fraction of sp³-hybridized carbons (Fsp3) is 0.421. The molecule has 2 heterocycles. The molecule has 0 atom stereocenters. The Morgan fingerprint density at radius 2 is 1.92 bits per heavy atom. The Balaban J connectivity index is 0.00000243. The molecular weight excluding hydrogens is 525 g/mol. The summed E-state index contributed by atoms with van der Waals surface area (Å²) >= 11 is 5.28. The van der Waals surface area contributed by atoms with Gasteiger partial charge in [-0.3, -0.25) is 4.99 Å². The van der Waals surface area contributed by atoms with E-state index in [2.05, 4.69) is 73.3 Å². The minimum atomic E-state index is 0. The first-order valence-corrected chi connectivity index (χ1v) is 10.2. The highest BCUT2D eigenvalue weighted by molar-refractivity contribution is 14.0. The van der Waals surface area contributed by atoms with Gasteiger partial charge in [0.05, 0.1) is 6.54 Å². The fourth-order valence-corrected chi connectivity index (χ4v) is 4.10. The van der Waals surface area contributed by atoms with E-state index in [9.17, 15) is 0 Å². The van der Waals surface area contributed by atoms with E-state index < -0.39 is 0 Å². The summed E-state index contributed by atoms with van der Waals surface area (Å²) in [5.74, 6) is 0.844. The molecule has 1 fully saturated rings. The highest BCUT2D eigenvalue weighted by atomic mass is 127. The molecule has 0 bridgehead atoms. The van der Waals surface area contributed by atoms with Crippen LogP contribution in [0.1, 0.15) is 23.3 Å². The van der Waals surface area contributed by atoms with Gasteiger partial charge in [-0.05, 0) is 42.0 Å². The summed E-state index contributed by atoms with van der Waals surface area (Å²) in [5, 5.41) is 9.03. The molecule has 1 aromatic heterocycles. The first-order chi connectivity index (χ1) is 12.2. The predicted octanol–water partition coefficient (Wildman–Crippen LogP) is 4.54. The molecule has 0 amide bonds. The summed E-state index contributed by atoms with van der Waals surface area (Å²) in [5.41, 5.74) is 1.44. The fourth-order valence-electron chi connectivity index (χ4n) is 3.19. The Morgan fingerprint density at radius 3 is 2.54 bits per heavy atom. The first kappa shape index (κ1) is 21.7. The third kappa shape index (κ3) is 5.68. The number of rotatable bonds is 5. The molecule has 0 saturated carbocycles. The van der Waals surface area contributed by atoms with Gasteiger partial charge in [0.15, 0.2) is 5.96 Å². The molecule has 0 aliphatic carbocycles. The topological polar surface area (TPSA) is 45.7 Å². The number of nitrogens with one attached hydrogen (secondary N) is 2. The van der Waals surface area contributed by atoms with Gasteiger partial charge in [-0.25, -0.2) is 0 Å². The summed E-state index contributed by atoms with van der Waals surface area (Å²) < 4.78 is 6.73. The number of benzene rings is 1. The lowest BCUT2D eigenvalue weighted by Gasteiger charge is -2.38. The normalized spacial score (nSPS) is 16.6. The summed E-state index contributed by atoms with van der Waals surface area (Å²) in [6.45, 7) is 3.26. The largest absolute Gasteiger partial charge is 0.381 e. The van der Waals surface area contributed by atoms with Gasteiger partial charge in [-0.15, -0.1) is 35.3 Å². The van der Waals surface area contributed by atoms with E-state index in [-0.39, 0.29) is 29.4 Å². The zero-order chi connectivity index (χ0) is 17.5. The second-order valence-electron chi connectivity index (χ2n) is 6.26. The van der Waals surface area contributed by atoms with Crippen LogP contribution in [0.4, 0.5) is 0 Å². The second kappa shape index (κ2) is 10.6. The first-order valence-electron chi connectivity index (χ1n) is 8.53. The molecule has 1 saturated heterocycles. The molecule has 26 heavy (non-hydrogen) atoms. The zero-order valence-electron chi connectivity index (χ0n) is 14.8.